The van der Waals surface area contributed by atoms with E-state index in [0.29, 0.717) is 18.9 Å². The Hall–Kier alpha value is -1.03. The van der Waals surface area contributed by atoms with Crippen LogP contribution in [0.3, 0.4) is 0 Å². The van der Waals surface area contributed by atoms with Crippen LogP contribution < -0.4 is 10.6 Å². The van der Waals surface area contributed by atoms with E-state index in [1.165, 1.54) is 5.56 Å². The lowest BCUT2D eigenvalue weighted by Gasteiger charge is -2.09. The molecule has 18 heavy (non-hydrogen) atoms. The number of anilines is 1. The third kappa shape index (κ3) is 5.54. The van der Waals surface area contributed by atoms with Crippen molar-refractivity contribution in [1.29, 1.82) is 0 Å². The molecule has 0 radical (unpaired) electrons. The van der Waals surface area contributed by atoms with E-state index in [-0.39, 0.29) is 5.91 Å². The molecule has 0 aliphatic rings. The second-order valence-electron chi connectivity index (χ2n) is 4.84. The van der Waals surface area contributed by atoms with E-state index in [1.807, 2.05) is 25.1 Å². The maximum Gasteiger partial charge on any atom is 0.221 e. The fourth-order valence-electron chi connectivity index (χ4n) is 1.43. The van der Waals surface area contributed by atoms with Crippen LogP contribution >= 0.6 is 15.9 Å². The highest BCUT2D eigenvalue weighted by Crippen LogP contribution is 2.20. The Morgan fingerprint density at radius 1 is 1.39 bits per heavy atom. The standard InChI is InChI=1S/C14H21BrN2O/c1-10(2)9-17-14(18)6-7-16-12-5-4-11(3)13(15)8-12/h4-5,8,10,16H,6-7,9H2,1-3H3,(H,17,18). The molecule has 1 aromatic rings. The molecule has 1 rings (SSSR count). The first-order chi connectivity index (χ1) is 8.49. The van der Waals surface area contributed by atoms with Crippen LogP contribution in [-0.2, 0) is 4.79 Å². The summed E-state index contributed by atoms with van der Waals surface area (Å²) in [5.41, 5.74) is 2.24. The number of halogens is 1. The maximum atomic E-state index is 11.5. The van der Waals surface area contributed by atoms with Crippen molar-refractivity contribution in [3.05, 3.63) is 28.2 Å². The second kappa shape index (κ2) is 7.41. The average molecular weight is 313 g/mol. The van der Waals surface area contributed by atoms with Crippen molar-refractivity contribution in [2.24, 2.45) is 5.92 Å². The molecule has 2 N–H and O–H groups in total. The minimum absolute atomic E-state index is 0.0994. The summed E-state index contributed by atoms with van der Waals surface area (Å²) < 4.78 is 1.08. The first-order valence-corrected chi connectivity index (χ1v) is 7.05. The van der Waals surface area contributed by atoms with Crippen LogP contribution in [0.15, 0.2) is 22.7 Å². The van der Waals surface area contributed by atoms with Crippen molar-refractivity contribution in [2.45, 2.75) is 27.2 Å². The largest absolute Gasteiger partial charge is 0.384 e. The number of benzene rings is 1. The fraction of sp³-hybridized carbons (Fsp3) is 0.500. The molecule has 0 heterocycles. The van der Waals surface area contributed by atoms with Crippen molar-refractivity contribution < 1.29 is 4.79 Å². The Labute approximate surface area is 117 Å². The molecule has 0 atom stereocenters. The molecule has 0 aliphatic carbocycles. The van der Waals surface area contributed by atoms with Gasteiger partial charge in [0.15, 0.2) is 0 Å². The first kappa shape index (κ1) is 15.0. The van der Waals surface area contributed by atoms with Crippen molar-refractivity contribution in [1.82, 2.24) is 5.32 Å². The highest BCUT2D eigenvalue weighted by atomic mass is 79.9. The van der Waals surface area contributed by atoms with Crippen LogP contribution in [0.4, 0.5) is 5.69 Å². The molecule has 0 fully saturated rings. The number of nitrogens with one attached hydrogen (secondary N) is 2. The number of aryl methyl sites for hydroxylation is 1. The zero-order valence-electron chi connectivity index (χ0n) is 11.2. The molecule has 0 aromatic heterocycles. The molecule has 0 aliphatic heterocycles. The lowest BCUT2D eigenvalue weighted by atomic mass is 10.2. The van der Waals surface area contributed by atoms with E-state index < -0.39 is 0 Å². The third-order valence-corrected chi connectivity index (χ3v) is 3.41. The summed E-state index contributed by atoms with van der Waals surface area (Å²) >= 11 is 3.49. The van der Waals surface area contributed by atoms with Gasteiger partial charge in [-0.15, -0.1) is 0 Å². The molecule has 0 saturated carbocycles. The van der Waals surface area contributed by atoms with E-state index in [0.717, 1.165) is 16.7 Å². The SMILES string of the molecule is Cc1ccc(NCCC(=O)NCC(C)C)cc1Br. The Balaban J connectivity index is 2.28. The smallest absolute Gasteiger partial charge is 0.221 e. The van der Waals surface area contributed by atoms with E-state index >= 15 is 0 Å². The van der Waals surface area contributed by atoms with Gasteiger partial charge in [-0.1, -0.05) is 35.8 Å². The van der Waals surface area contributed by atoms with Gasteiger partial charge in [0.25, 0.3) is 0 Å². The van der Waals surface area contributed by atoms with Gasteiger partial charge in [-0.25, -0.2) is 0 Å². The van der Waals surface area contributed by atoms with Crippen LogP contribution in [0.1, 0.15) is 25.8 Å². The topological polar surface area (TPSA) is 41.1 Å². The second-order valence-corrected chi connectivity index (χ2v) is 5.69. The van der Waals surface area contributed by atoms with Gasteiger partial charge >= 0.3 is 0 Å². The lowest BCUT2D eigenvalue weighted by Crippen LogP contribution is -2.28. The summed E-state index contributed by atoms with van der Waals surface area (Å²) in [5, 5.41) is 6.14. The van der Waals surface area contributed by atoms with Crippen LogP contribution in [0.5, 0.6) is 0 Å². The number of hydrogen-bond donors (Lipinski definition) is 2. The van der Waals surface area contributed by atoms with Gasteiger partial charge in [0.2, 0.25) is 5.91 Å². The summed E-state index contributed by atoms with van der Waals surface area (Å²) in [7, 11) is 0. The summed E-state index contributed by atoms with van der Waals surface area (Å²) in [6, 6.07) is 6.10. The minimum atomic E-state index is 0.0994. The molecule has 0 saturated heterocycles. The van der Waals surface area contributed by atoms with Crippen molar-refractivity contribution in [3.8, 4) is 0 Å². The molecule has 0 unspecified atom stereocenters. The monoisotopic (exact) mass is 312 g/mol. The Morgan fingerprint density at radius 3 is 2.72 bits per heavy atom. The van der Waals surface area contributed by atoms with Gasteiger partial charge in [0.1, 0.15) is 0 Å². The van der Waals surface area contributed by atoms with Crippen LogP contribution in [0.25, 0.3) is 0 Å². The lowest BCUT2D eigenvalue weighted by molar-refractivity contribution is -0.120. The molecule has 3 nitrogen and oxygen atoms in total. The van der Waals surface area contributed by atoms with Crippen molar-refractivity contribution in [3.63, 3.8) is 0 Å². The predicted octanol–water partition coefficient (Wildman–Crippen LogP) is 3.33. The number of carbonyl (C=O) groups excluding carboxylic acids is 1. The van der Waals surface area contributed by atoms with E-state index in [1.54, 1.807) is 0 Å². The molecule has 0 spiro atoms. The number of hydrogen-bond acceptors (Lipinski definition) is 2. The molecule has 100 valence electrons. The van der Waals surface area contributed by atoms with E-state index in [9.17, 15) is 4.79 Å². The fourth-order valence-corrected chi connectivity index (χ4v) is 1.81. The van der Waals surface area contributed by atoms with Gasteiger partial charge in [-0.05, 0) is 30.5 Å². The van der Waals surface area contributed by atoms with Crippen LogP contribution in [0, 0.1) is 12.8 Å². The average Bonchev–Trinajstić information content (AvgIpc) is 2.31. The summed E-state index contributed by atoms with van der Waals surface area (Å²) in [6.07, 6.45) is 0.498. The Morgan fingerprint density at radius 2 is 2.11 bits per heavy atom. The predicted molar refractivity (Wildman–Crippen MR) is 79.8 cm³/mol. The molecule has 0 bridgehead atoms. The Bertz CT molecular complexity index is 405. The zero-order chi connectivity index (χ0) is 13.5. The number of amides is 1. The maximum absolute atomic E-state index is 11.5. The van der Waals surface area contributed by atoms with Gasteiger partial charge in [0.05, 0.1) is 0 Å². The zero-order valence-corrected chi connectivity index (χ0v) is 12.8. The van der Waals surface area contributed by atoms with Crippen molar-refractivity contribution >= 4 is 27.5 Å². The molecular weight excluding hydrogens is 292 g/mol. The molecule has 1 aromatic carbocycles. The first-order valence-electron chi connectivity index (χ1n) is 6.25. The van der Waals surface area contributed by atoms with Crippen LogP contribution in [0.2, 0.25) is 0 Å². The molecule has 1 amide bonds. The minimum Gasteiger partial charge on any atom is -0.384 e. The van der Waals surface area contributed by atoms with E-state index in [4.69, 9.17) is 0 Å². The van der Waals surface area contributed by atoms with E-state index in [2.05, 4.69) is 40.4 Å². The van der Waals surface area contributed by atoms with Gasteiger partial charge < -0.3 is 10.6 Å². The summed E-state index contributed by atoms with van der Waals surface area (Å²) in [6.45, 7) is 7.62. The van der Waals surface area contributed by atoms with Gasteiger partial charge in [0, 0.05) is 29.7 Å². The quantitative estimate of drug-likeness (QED) is 0.846. The normalized spacial score (nSPS) is 10.5. The van der Waals surface area contributed by atoms with Crippen molar-refractivity contribution in [2.75, 3.05) is 18.4 Å². The molecule has 4 heteroatoms. The number of carbonyl (C=O) groups is 1. The summed E-state index contributed by atoms with van der Waals surface area (Å²) in [4.78, 5) is 11.5. The number of rotatable bonds is 6. The van der Waals surface area contributed by atoms with Gasteiger partial charge in [-0.2, -0.15) is 0 Å². The molecular formula is C14H21BrN2O. The van der Waals surface area contributed by atoms with Gasteiger partial charge in [-0.3, -0.25) is 4.79 Å². The highest BCUT2D eigenvalue weighted by Gasteiger charge is 2.02. The Kier molecular flexibility index (Phi) is 6.19. The van der Waals surface area contributed by atoms with Crippen LogP contribution in [-0.4, -0.2) is 19.0 Å². The highest BCUT2D eigenvalue weighted by molar-refractivity contribution is 9.10. The third-order valence-electron chi connectivity index (χ3n) is 2.56. The summed E-state index contributed by atoms with van der Waals surface area (Å²) in [5.74, 6) is 0.595.